The molecule has 0 saturated carbocycles. The van der Waals surface area contributed by atoms with Crippen molar-refractivity contribution < 1.29 is 17.4 Å². The minimum absolute atomic E-state index is 0.273. The molecule has 7 heteroatoms. The van der Waals surface area contributed by atoms with Crippen molar-refractivity contribution in [3.63, 3.8) is 0 Å². The Bertz CT molecular complexity index is 371. The van der Waals surface area contributed by atoms with Crippen LogP contribution in [0.2, 0.25) is 0 Å². The predicted octanol–water partition coefficient (Wildman–Crippen LogP) is 3.83. The lowest BCUT2D eigenvalue weighted by atomic mass is 9.94. The van der Waals surface area contributed by atoms with Crippen molar-refractivity contribution >= 4 is 11.0 Å². The number of halogens is 3. The average Bonchev–Trinajstić information content (AvgIpc) is 2.30. The van der Waals surface area contributed by atoms with Crippen LogP contribution in [0, 0.1) is 11.3 Å². The largest absolute Gasteiger partial charge is 0.420 e. The summed E-state index contributed by atoms with van der Waals surface area (Å²) < 4.78 is 52.7. The summed E-state index contributed by atoms with van der Waals surface area (Å²) in [5.41, 5.74) is -2.74. The van der Waals surface area contributed by atoms with Crippen LogP contribution in [0.15, 0.2) is 0 Å². The number of alkyl halides is 3. The van der Waals surface area contributed by atoms with Crippen LogP contribution in [-0.4, -0.2) is 20.7 Å². The Balaban J connectivity index is 5.07. The average molecular weight is 312 g/mol. The first-order valence-corrected chi connectivity index (χ1v) is 7.83. The molecule has 0 aromatic rings. The van der Waals surface area contributed by atoms with Crippen LogP contribution in [0.1, 0.15) is 59.8 Å². The SMILES string of the molecule is CCCCCC[C@@](C#N)(N[S@](=O)C(C)(C)C)C(F)(F)F. The van der Waals surface area contributed by atoms with Gasteiger partial charge in [0.1, 0.15) is 0 Å². The molecule has 0 spiro atoms. The second-order valence-electron chi connectivity index (χ2n) is 5.81. The van der Waals surface area contributed by atoms with Gasteiger partial charge >= 0.3 is 6.18 Å². The van der Waals surface area contributed by atoms with E-state index >= 15 is 0 Å². The molecule has 0 aliphatic rings. The minimum Gasteiger partial charge on any atom is -0.242 e. The summed E-state index contributed by atoms with van der Waals surface area (Å²) in [5, 5.41) is 9.02. The molecule has 0 fully saturated rings. The molecule has 0 heterocycles. The van der Waals surface area contributed by atoms with Gasteiger partial charge in [0.2, 0.25) is 5.54 Å². The van der Waals surface area contributed by atoms with E-state index in [0.717, 1.165) is 12.8 Å². The maximum absolute atomic E-state index is 13.2. The zero-order valence-electron chi connectivity index (χ0n) is 12.4. The molecule has 20 heavy (non-hydrogen) atoms. The normalized spacial score (nSPS) is 17.3. The van der Waals surface area contributed by atoms with Crippen LogP contribution in [-0.2, 0) is 11.0 Å². The summed E-state index contributed by atoms with van der Waals surface area (Å²) in [4.78, 5) is 0. The van der Waals surface area contributed by atoms with Crippen molar-refractivity contribution in [2.75, 3.05) is 0 Å². The lowest BCUT2D eigenvalue weighted by molar-refractivity contribution is -0.175. The van der Waals surface area contributed by atoms with Gasteiger partial charge in [-0.05, 0) is 27.2 Å². The molecule has 118 valence electrons. The number of hydrogen-bond donors (Lipinski definition) is 1. The third-order valence-electron chi connectivity index (χ3n) is 2.90. The van der Waals surface area contributed by atoms with Crippen LogP contribution in [0.3, 0.4) is 0 Å². The summed E-state index contributed by atoms with van der Waals surface area (Å²) in [6.45, 7) is 6.64. The summed E-state index contributed by atoms with van der Waals surface area (Å²) in [6, 6.07) is 1.31. The Kier molecular flexibility index (Phi) is 7.19. The monoisotopic (exact) mass is 312 g/mol. The van der Waals surface area contributed by atoms with Gasteiger partial charge in [-0.15, -0.1) is 0 Å². The Morgan fingerprint density at radius 3 is 2.05 bits per heavy atom. The molecular weight excluding hydrogens is 289 g/mol. The van der Waals surface area contributed by atoms with Gasteiger partial charge in [-0.1, -0.05) is 32.6 Å². The molecule has 0 aliphatic heterocycles. The standard InChI is InChI=1S/C13H23F3N2OS/c1-5-6-7-8-9-12(10-17,13(14,15)16)18-20(19)11(2,3)4/h18H,5-9H2,1-4H3/t12-,20+/m0/s1. The molecule has 0 saturated heterocycles. The fourth-order valence-corrected chi connectivity index (χ4v) is 2.41. The summed E-state index contributed by atoms with van der Waals surface area (Å²) >= 11 is 0. The summed E-state index contributed by atoms with van der Waals surface area (Å²) in [6.07, 6.45) is -2.52. The van der Waals surface area contributed by atoms with Gasteiger partial charge in [-0.25, -0.2) is 8.93 Å². The molecule has 0 aliphatic carbocycles. The topological polar surface area (TPSA) is 52.9 Å². The summed E-state index contributed by atoms with van der Waals surface area (Å²) in [7, 11) is -1.95. The fourth-order valence-electron chi connectivity index (χ4n) is 1.52. The Hall–Kier alpha value is -0.610. The number of hydrogen-bond acceptors (Lipinski definition) is 2. The highest BCUT2D eigenvalue weighted by Crippen LogP contribution is 2.35. The number of nitrogens with one attached hydrogen (secondary N) is 1. The Morgan fingerprint density at radius 2 is 1.70 bits per heavy atom. The van der Waals surface area contributed by atoms with Crippen LogP contribution in [0.5, 0.6) is 0 Å². The van der Waals surface area contributed by atoms with E-state index in [0.29, 0.717) is 6.42 Å². The molecule has 1 N–H and O–H groups in total. The van der Waals surface area contributed by atoms with Gasteiger partial charge in [-0.2, -0.15) is 18.4 Å². The molecule has 0 bridgehead atoms. The maximum atomic E-state index is 13.2. The molecule has 2 atom stereocenters. The molecule has 0 radical (unpaired) electrons. The van der Waals surface area contributed by atoms with E-state index in [-0.39, 0.29) is 12.8 Å². The molecule has 0 amide bonds. The molecule has 0 rings (SSSR count). The number of nitriles is 1. The minimum atomic E-state index is -4.76. The van der Waals surface area contributed by atoms with Crippen molar-refractivity contribution in [1.29, 1.82) is 5.26 Å². The number of rotatable bonds is 7. The highest BCUT2D eigenvalue weighted by atomic mass is 32.2. The molecule has 0 aromatic heterocycles. The van der Waals surface area contributed by atoms with E-state index in [2.05, 4.69) is 0 Å². The van der Waals surface area contributed by atoms with Gasteiger partial charge in [0.05, 0.1) is 21.8 Å². The summed E-state index contributed by atoms with van der Waals surface area (Å²) in [5.74, 6) is 0. The van der Waals surface area contributed by atoms with E-state index in [1.54, 1.807) is 20.8 Å². The van der Waals surface area contributed by atoms with Crippen LogP contribution < -0.4 is 4.72 Å². The number of unbranched alkanes of at least 4 members (excludes halogenated alkanes) is 3. The van der Waals surface area contributed by atoms with E-state index in [1.807, 2.05) is 11.6 Å². The fraction of sp³-hybridized carbons (Fsp3) is 0.923. The first-order valence-electron chi connectivity index (χ1n) is 6.68. The highest BCUT2D eigenvalue weighted by Gasteiger charge is 2.56. The van der Waals surface area contributed by atoms with Gasteiger partial charge in [0, 0.05) is 0 Å². The Labute approximate surface area is 121 Å². The third-order valence-corrected chi connectivity index (χ3v) is 4.55. The second-order valence-corrected chi connectivity index (χ2v) is 7.78. The first kappa shape index (κ1) is 19.4. The highest BCUT2D eigenvalue weighted by molar-refractivity contribution is 7.84. The second kappa shape index (κ2) is 7.41. The van der Waals surface area contributed by atoms with Gasteiger partial charge in [-0.3, -0.25) is 0 Å². The van der Waals surface area contributed by atoms with Crippen LogP contribution in [0.25, 0.3) is 0 Å². The van der Waals surface area contributed by atoms with E-state index in [1.165, 1.54) is 6.07 Å². The van der Waals surface area contributed by atoms with Gasteiger partial charge < -0.3 is 0 Å². The van der Waals surface area contributed by atoms with Crippen LogP contribution in [0.4, 0.5) is 13.2 Å². The first-order chi connectivity index (χ1) is 9.00. The molecule has 0 aromatic carbocycles. The van der Waals surface area contributed by atoms with Crippen molar-refractivity contribution in [2.24, 2.45) is 0 Å². The lowest BCUT2D eigenvalue weighted by Crippen LogP contribution is -2.58. The van der Waals surface area contributed by atoms with E-state index in [9.17, 15) is 17.4 Å². The van der Waals surface area contributed by atoms with Gasteiger partial charge in [0.25, 0.3) is 0 Å². The predicted molar refractivity (Wildman–Crippen MR) is 74.2 cm³/mol. The van der Waals surface area contributed by atoms with Crippen molar-refractivity contribution in [2.45, 2.75) is 76.3 Å². The smallest absolute Gasteiger partial charge is 0.242 e. The Morgan fingerprint density at radius 1 is 1.15 bits per heavy atom. The number of nitrogens with zero attached hydrogens (tertiary/aromatic N) is 1. The van der Waals surface area contributed by atoms with E-state index < -0.39 is 27.4 Å². The van der Waals surface area contributed by atoms with Gasteiger partial charge in [0.15, 0.2) is 0 Å². The van der Waals surface area contributed by atoms with Crippen LogP contribution >= 0.6 is 0 Å². The third kappa shape index (κ3) is 5.41. The van der Waals surface area contributed by atoms with Crippen molar-refractivity contribution in [3.8, 4) is 6.07 Å². The molecule has 0 unspecified atom stereocenters. The van der Waals surface area contributed by atoms with E-state index in [4.69, 9.17) is 5.26 Å². The van der Waals surface area contributed by atoms with Crippen molar-refractivity contribution in [3.05, 3.63) is 0 Å². The zero-order valence-corrected chi connectivity index (χ0v) is 13.2. The molecule has 3 nitrogen and oxygen atoms in total. The zero-order chi connectivity index (χ0) is 16.0. The lowest BCUT2D eigenvalue weighted by Gasteiger charge is -2.32. The quantitative estimate of drug-likeness (QED) is 0.726. The van der Waals surface area contributed by atoms with Crippen molar-refractivity contribution in [1.82, 2.24) is 4.72 Å². The molecular formula is C13H23F3N2OS. The maximum Gasteiger partial charge on any atom is 0.420 e.